The van der Waals surface area contributed by atoms with E-state index in [9.17, 15) is 33.6 Å². The number of H-pyrrole nitrogens is 1. The molecule has 0 aliphatic rings. The van der Waals surface area contributed by atoms with Gasteiger partial charge in [0.1, 0.15) is 12.1 Å². The Morgan fingerprint density at radius 3 is 2.20 bits per heavy atom. The number of hydrogen-bond acceptors (Lipinski definition) is 12. The first-order chi connectivity index (χ1) is 21.7. The molecule has 19 heteroatoms. The van der Waals surface area contributed by atoms with E-state index in [0.29, 0.717) is 16.9 Å². The highest BCUT2D eigenvalue weighted by Gasteiger charge is 2.29. The van der Waals surface area contributed by atoms with Crippen LogP contribution in [0, 0.1) is 0 Å². The van der Waals surface area contributed by atoms with Crippen molar-refractivity contribution in [2.45, 2.75) is 57.3 Å². The predicted octanol–water partition coefficient (Wildman–Crippen LogP) is -1.19. The molecular weight excluding hydrogens is 610 g/mol. The van der Waals surface area contributed by atoms with Gasteiger partial charge < -0.3 is 42.3 Å². The van der Waals surface area contributed by atoms with Gasteiger partial charge in [0, 0.05) is 23.7 Å². The molecule has 0 spiro atoms. The van der Waals surface area contributed by atoms with Crippen molar-refractivity contribution in [3.05, 3.63) is 52.1 Å². The first kappa shape index (κ1) is 34.4. The van der Waals surface area contributed by atoms with Gasteiger partial charge in [-0.2, -0.15) is 4.98 Å². The molecule has 0 aliphatic heterocycles. The zero-order chi connectivity index (χ0) is 34.0. The topological polar surface area (TPSA) is 309 Å². The van der Waals surface area contributed by atoms with Gasteiger partial charge in [0.05, 0.1) is 31.3 Å². The van der Waals surface area contributed by atoms with Gasteiger partial charge in [0.25, 0.3) is 11.5 Å². The summed E-state index contributed by atoms with van der Waals surface area (Å²) in [7, 11) is 0. The fourth-order valence-corrected chi connectivity index (χ4v) is 4.01. The molecule has 3 atom stereocenters. The van der Waals surface area contributed by atoms with Crippen LogP contribution in [-0.4, -0.2) is 89.0 Å². The number of nitrogens with zero attached hydrogens (tertiary/aromatic N) is 3. The third-order valence-electron chi connectivity index (χ3n) is 6.31. The quantitative estimate of drug-likeness (QED) is 0.0888. The lowest BCUT2D eigenvalue weighted by atomic mass is 10.1. The molecule has 19 nitrogen and oxygen atoms in total. The van der Waals surface area contributed by atoms with Crippen molar-refractivity contribution in [2.75, 3.05) is 11.1 Å². The smallest absolute Gasteiger partial charge is 0.326 e. The van der Waals surface area contributed by atoms with Crippen molar-refractivity contribution in [1.29, 1.82) is 0 Å². The molecular formula is C27H31N9O10. The standard InChI is InChI=1S/C27H31N9O10/c1-12(2-7-18(37)33-16(8-19(38)39)24(43)34-17(26(45)46)9-20(40)41)31-23(42)13-3-5-14(6-4-13)29-10-15-11-30-22-21(32-15)25(44)36-27(28)35-22/h3-6,11-12,16-17,29H,2,7-10H2,1H3,(H,31,42)(H,33,37)(H,34,43)(H,38,39)(H,40,41)(H,45,46)(H3,28,30,35,36,44)/t12-,16-,17-/m1/s1. The monoisotopic (exact) mass is 641 g/mol. The van der Waals surface area contributed by atoms with Crippen LogP contribution >= 0.6 is 0 Å². The second-order valence-corrected chi connectivity index (χ2v) is 10.0. The van der Waals surface area contributed by atoms with Crippen molar-refractivity contribution >= 4 is 58.4 Å². The normalized spacial score (nSPS) is 12.7. The van der Waals surface area contributed by atoms with Crippen LogP contribution in [0.1, 0.15) is 48.7 Å². The minimum Gasteiger partial charge on any atom is -0.481 e. The summed E-state index contributed by atoms with van der Waals surface area (Å²) in [5.41, 5.74) is 6.56. The second-order valence-electron chi connectivity index (χ2n) is 10.0. The average molecular weight is 642 g/mol. The number of amides is 3. The van der Waals surface area contributed by atoms with Gasteiger partial charge in [-0.3, -0.25) is 33.8 Å². The molecule has 1 aromatic carbocycles. The molecule has 2 heterocycles. The van der Waals surface area contributed by atoms with Gasteiger partial charge in [0.15, 0.2) is 11.2 Å². The Balaban J connectivity index is 1.49. The Hall–Kier alpha value is -6.14. The Bertz CT molecular complexity index is 1690. The first-order valence-corrected chi connectivity index (χ1v) is 13.6. The van der Waals surface area contributed by atoms with E-state index < -0.39 is 72.2 Å². The summed E-state index contributed by atoms with van der Waals surface area (Å²) in [5.74, 6) is -7.04. The molecule has 3 rings (SSSR count). The lowest BCUT2D eigenvalue weighted by molar-refractivity contribution is -0.148. The highest BCUT2D eigenvalue weighted by molar-refractivity contribution is 5.95. The third-order valence-corrected chi connectivity index (χ3v) is 6.31. The minimum atomic E-state index is -1.83. The minimum absolute atomic E-state index is 0.0413. The maximum atomic E-state index is 12.7. The number of nitrogens with two attached hydrogens (primary N) is 1. The van der Waals surface area contributed by atoms with E-state index in [2.05, 4.69) is 35.9 Å². The van der Waals surface area contributed by atoms with Crippen LogP contribution < -0.4 is 32.6 Å². The van der Waals surface area contributed by atoms with Crippen LogP contribution in [0.4, 0.5) is 11.6 Å². The molecule has 3 aromatic rings. The van der Waals surface area contributed by atoms with Crippen LogP contribution in [0.15, 0.2) is 35.3 Å². The molecule has 2 aromatic heterocycles. The Morgan fingerprint density at radius 1 is 0.913 bits per heavy atom. The maximum absolute atomic E-state index is 12.7. The van der Waals surface area contributed by atoms with Crippen molar-refractivity contribution in [1.82, 2.24) is 35.9 Å². The number of anilines is 2. The zero-order valence-electron chi connectivity index (χ0n) is 24.3. The van der Waals surface area contributed by atoms with Crippen LogP contribution in [0.25, 0.3) is 11.2 Å². The van der Waals surface area contributed by atoms with Gasteiger partial charge in [0.2, 0.25) is 17.8 Å². The predicted molar refractivity (Wildman–Crippen MR) is 158 cm³/mol. The molecule has 0 unspecified atom stereocenters. The Labute approximate surface area is 259 Å². The molecule has 0 radical (unpaired) electrons. The summed E-state index contributed by atoms with van der Waals surface area (Å²) in [5, 5.41) is 37.0. The van der Waals surface area contributed by atoms with Gasteiger partial charge in [-0.25, -0.2) is 14.8 Å². The second kappa shape index (κ2) is 15.5. The van der Waals surface area contributed by atoms with Crippen molar-refractivity contribution in [3.63, 3.8) is 0 Å². The molecule has 0 saturated carbocycles. The van der Waals surface area contributed by atoms with Gasteiger partial charge in [-0.05, 0) is 37.6 Å². The molecule has 244 valence electrons. The largest absolute Gasteiger partial charge is 0.481 e. The number of nitrogens with one attached hydrogen (secondary N) is 5. The summed E-state index contributed by atoms with van der Waals surface area (Å²) in [4.78, 5) is 97.4. The van der Waals surface area contributed by atoms with Crippen molar-refractivity contribution < 1.29 is 44.1 Å². The number of carbonyl (C=O) groups is 6. The van der Waals surface area contributed by atoms with E-state index in [-0.39, 0.29) is 36.5 Å². The van der Waals surface area contributed by atoms with Crippen molar-refractivity contribution in [3.8, 4) is 0 Å². The summed E-state index contributed by atoms with van der Waals surface area (Å²) >= 11 is 0. The van der Waals surface area contributed by atoms with Crippen LogP contribution in [-0.2, 0) is 30.5 Å². The molecule has 0 saturated heterocycles. The third kappa shape index (κ3) is 10.2. The highest BCUT2D eigenvalue weighted by atomic mass is 16.4. The van der Waals surface area contributed by atoms with Crippen LogP contribution in [0.3, 0.4) is 0 Å². The molecule has 46 heavy (non-hydrogen) atoms. The number of aliphatic carboxylic acids is 3. The summed E-state index contributed by atoms with van der Waals surface area (Å²) in [6.07, 6.45) is -0.505. The molecule has 0 bridgehead atoms. The number of carboxylic acids is 3. The van der Waals surface area contributed by atoms with E-state index in [1.807, 2.05) is 5.32 Å². The number of fused-ring (bicyclic) bond motifs is 1. The lowest BCUT2D eigenvalue weighted by Gasteiger charge is -2.20. The summed E-state index contributed by atoms with van der Waals surface area (Å²) in [6.45, 7) is 1.85. The van der Waals surface area contributed by atoms with Crippen LogP contribution in [0.2, 0.25) is 0 Å². The maximum Gasteiger partial charge on any atom is 0.326 e. The Morgan fingerprint density at radius 2 is 1.57 bits per heavy atom. The number of benzene rings is 1. The number of carboxylic acid groups (broad SMARTS) is 3. The van der Waals surface area contributed by atoms with Crippen LogP contribution in [0.5, 0.6) is 0 Å². The first-order valence-electron chi connectivity index (χ1n) is 13.6. The summed E-state index contributed by atoms with van der Waals surface area (Å²) in [6, 6.07) is 2.40. The fraction of sp³-hybridized carbons (Fsp3) is 0.333. The van der Waals surface area contributed by atoms with E-state index in [1.165, 1.54) is 6.20 Å². The number of rotatable bonds is 16. The lowest BCUT2D eigenvalue weighted by Crippen LogP contribution is -2.52. The van der Waals surface area contributed by atoms with Gasteiger partial charge >= 0.3 is 17.9 Å². The number of hydrogen-bond donors (Lipinski definition) is 9. The molecule has 3 amide bonds. The SMILES string of the molecule is C[C@H](CCC(=O)N[C@H](CC(=O)O)C(=O)N[C@H](CC(=O)O)C(=O)O)NC(=O)c1ccc(NCc2cnc3nc(N)[nH]c(=O)c3n2)cc1. The zero-order valence-corrected chi connectivity index (χ0v) is 24.3. The van der Waals surface area contributed by atoms with Crippen molar-refractivity contribution in [2.24, 2.45) is 0 Å². The van der Waals surface area contributed by atoms with E-state index in [1.54, 1.807) is 31.2 Å². The number of nitrogen functional groups attached to an aromatic ring is 1. The number of aromatic nitrogens is 4. The molecule has 0 fully saturated rings. The number of aromatic amines is 1. The fourth-order valence-electron chi connectivity index (χ4n) is 4.01. The van der Waals surface area contributed by atoms with Gasteiger partial charge in [-0.1, -0.05) is 0 Å². The van der Waals surface area contributed by atoms with E-state index in [4.69, 9.17) is 21.1 Å². The highest BCUT2D eigenvalue weighted by Crippen LogP contribution is 2.12. The van der Waals surface area contributed by atoms with E-state index >= 15 is 0 Å². The van der Waals surface area contributed by atoms with Gasteiger partial charge in [-0.15, -0.1) is 0 Å². The number of carbonyl (C=O) groups excluding carboxylic acids is 3. The average Bonchev–Trinajstić information content (AvgIpc) is 2.98. The van der Waals surface area contributed by atoms with E-state index in [0.717, 1.165) is 0 Å². The Kier molecular flexibility index (Phi) is 11.6. The molecule has 10 N–H and O–H groups in total. The summed E-state index contributed by atoms with van der Waals surface area (Å²) < 4.78 is 0. The molecule has 0 aliphatic carbocycles.